The standard InChI is InChI=1S/C28H29FN4O3S2/c1-31(2)17-7-18-32(28-30-26-23(29)10-5-12-25(26)37-28)27(34)21-13-15-22(16-14-21)38(35,36)33-19-6-9-20-8-3-4-11-24(20)33/h3-5,8,10-16H,6-7,9,17-19H2,1-2H3. The van der Waals surface area contributed by atoms with Crippen LogP contribution in [-0.4, -0.2) is 57.9 Å². The Morgan fingerprint density at radius 3 is 2.53 bits per heavy atom. The Balaban J connectivity index is 1.43. The van der Waals surface area contributed by atoms with E-state index in [0.717, 1.165) is 24.9 Å². The molecule has 1 aromatic heterocycles. The summed E-state index contributed by atoms with van der Waals surface area (Å²) < 4.78 is 43.4. The number of anilines is 2. The number of carbonyl (C=O) groups excluding carboxylic acids is 1. The zero-order valence-corrected chi connectivity index (χ0v) is 22.9. The summed E-state index contributed by atoms with van der Waals surface area (Å²) in [5.74, 6) is -0.741. The number of amides is 1. The molecule has 38 heavy (non-hydrogen) atoms. The van der Waals surface area contributed by atoms with Gasteiger partial charge in [0.1, 0.15) is 11.3 Å². The van der Waals surface area contributed by atoms with Crippen molar-refractivity contribution in [3.63, 3.8) is 0 Å². The normalized spacial score (nSPS) is 13.6. The fourth-order valence-corrected chi connectivity index (χ4v) is 7.19. The van der Waals surface area contributed by atoms with Crippen molar-refractivity contribution in [3.05, 3.63) is 83.7 Å². The molecule has 1 aliphatic rings. The summed E-state index contributed by atoms with van der Waals surface area (Å²) in [5, 5.41) is 0.412. The van der Waals surface area contributed by atoms with Crippen molar-refractivity contribution in [1.29, 1.82) is 0 Å². The van der Waals surface area contributed by atoms with Crippen LogP contribution in [0.2, 0.25) is 0 Å². The lowest BCUT2D eigenvalue weighted by atomic mass is 10.0. The Morgan fingerprint density at radius 1 is 1.03 bits per heavy atom. The Morgan fingerprint density at radius 2 is 1.79 bits per heavy atom. The number of aromatic nitrogens is 1. The SMILES string of the molecule is CN(C)CCCN(C(=O)c1ccc(S(=O)(=O)N2CCCc3ccccc32)cc1)c1nc2c(F)cccc2s1. The maximum Gasteiger partial charge on any atom is 0.264 e. The van der Waals surface area contributed by atoms with E-state index in [1.165, 1.54) is 46.0 Å². The first-order valence-corrected chi connectivity index (χ1v) is 14.7. The molecular formula is C28H29FN4O3S2. The molecule has 0 fully saturated rings. The molecule has 0 radical (unpaired) electrons. The van der Waals surface area contributed by atoms with Gasteiger partial charge in [-0.15, -0.1) is 0 Å². The molecule has 3 aromatic carbocycles. The number of carbonyl (C=O) groups is 1. The lowest BCUT2D eigenvalue weighted by Gasteiger charge is -2.30. The van der Waals surface area contributed by atoms with Crippen molar-refractivity contribution in [3.8, 4) is 0 Å². The van der Waals surface area contributed by atoms with Crippen LogP contribution < -0.4 is 9.21 Å². The van der Waals surface area contributed by atoms with E-state index in [4.69, 9.17) is 0 Å². The summed E-state index contributed by atoms with van der Waals surface area (Å²) in [6, 6.07) is 18.3. The van der Waals surface area contributed by atoms with Crippen LogP contribution in [0.15, 0.2) is 71.6 Å². The summed E-state index contributed by atoms with van der Waals surface area (Å²) in [6.45, 7) is 1.56. The number of rotatable bonds is 8. The van der Waals surface area contributed by atoms with Gasteiger partial charge in [0, 0.05) is 18.7 Å². The van der Waals surface area contributed by atoms with Crippen LogP contribution in [0.25, 0.3) is 10.2 Å². The van der Waals surface area contributed by atoms with E-state index in [9.17, 15) is 17.6 Å². The number of hydrogen-bond donors (Lipinski definition) is 0. The minimum atomic E-state index is -3.79. The van der Waals surface area contributed by atoms with Gasteiger partial charge in [0.2, 0.25) is 0 Å². The molecule has 5 rings (SSSR count). The highest BCUT2D eigenvalue weighted by molar-refractivity contribution is 7.92. The van der Waals surface area contributed by atoms with Crippen molar-refractivity contribution in [2.24, 2.45) is 0 Å². The molecule has 4 aromatic rings. The first kappa shape index (κ1) is 26.3. The minimum absolute atomic E-state index is 0.131. The van der Waals surface area contributed by atoms with Crippen LogP contribution in [0, 0.1) is 5.82 Å². The topological polar surface area (TPSA) is 73.8 Å². The lowest BCUT2D eigenvalue weighted by Crippen LogP contribution is -2.35. The number of nitrogens with zero attached hydrogens (tertiary/aromatic N) is 4. The molecule has 0 spiro atoms. The Labute approximate surface area is 226 Å². The number of benzene rings is 3. The number of sulfonamides is 1. The Hall–Kier alpha value is -3.34. The monoisotopic (exact) mass is 552 g/mol. The predicted molar refractivity (Wildman–Crippen MR) is 150 cm³/mol. The molecule has 0 saturated carbocycles. The molecule has 198 valence electrons. The average Bonchev–Trinajstić information content (AvgIpc) is 3.36. The van der Waals surface area contributed by atoms with Gasteiger partial charge in [-0.3, -0.25) is 14.0 Å². The van der Waals surface area contributed by atoms with Crippen LogP contribution in [0.1, 0.15) is 28.8 Å². The molecule has 0 aliphatic carbocycles. The van der Waals surface area contributed by atoms with E-state index >= 15 is 0 Å². The Bertz CT molecular complexity index is 1570. The predicted octanol–water partition coefficient (Wildman–Crippen LogP) is 5.18. The van der Waals surface area contributed by atoms with E-state index in [1.54, 1.807) is 17.0 Å². The second kappa shape index (κ2) is 10.8. The van der Waals surface area contributed by atoms with Gasteiger partial charge in [-0.2, -0.15) is 0 Å². The molecule has 1 aliphatic heterocycles. The average molecular weight is 553 g/mol. The molecular weight excluding hydrogens is 523 g/mol. The van der Waals surface area contributed by atoms with Crippen LogP contribution in [-0.2, 0) is 16.4 Å². The number of fused-ring (bicyclic) bond motifs is 2. The van der Waals surface area contributed by atoms with Gasteiger partial charge in [0.05, 0.1) is 15.3 Å². The number of hydrogen-bond acceptors (Lipinski definition) is 6. The molecule has 7 nitrogen and oxygen atoms in total. The molecule has 1 amide bonds. The lowest BCUT2D eigenvalue weighted by molar-refractivity contribution is 0.0986. The van der Waals surface area contributed by atoms with Crippen molar-refractivity contribution < 1.29 is 17.6 Å². The molecule has 0 atom stereocenters. The molecule has 10 heteroatoms. The number of para-hydroxylation sites is 2. The maximum absolute atomic E-state index is 14.3. The van der Waals surface area contributed by atoms with E-state index in [2.05, 4.69) is 4.98 Å². The number of thiazole rings is 1. The fourth-order valence-electron chi connectivity index (χ4n) is 4.65. The molecule has 2 heterocycles. The van der Waals surface area contributed by atoms with Crippen molar-refractivity contribution in [2.75, 3.05) is 42.9 Å². The van der Waals surface area contributed by atoms with E-state index in [1.807, 2.05) is 43.3 Å². The van der Waals surface area contributed by atoms with Gasteiger partial charge in [-0.25, -0.2) is 17.8 Å². The van der Waals surface area contributed by atoms with Crippen LogP contribution in [0.3, 0.4) is 0 Å². The Kier molecular flexibility index (Phi) is 7.47. The third kappa shape index (κ3) is 5.16. The molecule has 0 saturated heterocycles. The second-order valence-corrected chi connectivity index (χ2v) is 12.4. The summed E-state index contributed by atoms with van der Waals surface area (Å²) in [5.41, 5.74) is 2.29. The summed E-state index contributed by atoms with van der Waals surface area (Å²) in [6.07, 6.45) is 2.28. The third-order valence-electron chi connectivity index (χ3n) is 6.58. The summed E-state index contributed by atoms with van der Waals surface area (Å²) in [7, 11) is 0.130. The highest BCUT2D eigenvalue weighted by atomic mass is 32.2. The zero-order valence-electron chi connectivity index (χ0n) is 21.3. The van der Waals surface area contributed by atoms with Crippen LogP contribution in [0.5, 0.6) is 0 Å². The largest absolute Gasteiger partial charge is 0.309 e. The number of aryl methyl sites for hydroxylation is 1. The smallest absolute Gasteiger partial charge is 0.264 e. The highest BCUT2D eigenvalue weighted by Crippen LogP contribution is 2.33. The van der Waals surface area contributed by atoms with Gasteiger partial charge < -0.3 is 4.90 Å². The van der Waals surface area contributed by atoms with Crippen molar-refractivity contribution >= 4 is 48.3 Å². The van der Waals surface area contributed by atoms with E-state index in [-0.39, 0.29) is 16.3 Å². The quantitative estimate of drug-likeness (QED) is 0.301. The zero-order chi connectivity index (χ0) is 26.9. The van der Waals surface area contributed by atoms with Crippen molar-refractivity contribution in [2.45, 2.75) is 24.2 Å². The third-order valence-corrected chi connectivity index (χ3v) is 9.45. The summed E-state index contributed by atoms with van der Waals surface area (Å²) in [4.78, 5) is 21.8. The molecule has 0 unspecified atom stereocenters. The highest BCUT2D eigenvalue weighted by Gasteiger charge is 2.29. The van der Waals surface area contributed by atoms with Gasteiger partial charge in [-0.05, 0) is 87.9 Å². The fraction of sp³-hybridized carbons (Fsp3) is 0.286. The van der Waals surface area contributed by atoms with E-state index < -0.39 is 15.8 Å². The van der Waals surface area contributed by atoms with Gasteiger partial charge >= 0.3 is 0 Å². The maximum atomic E-state index is 14.3. The van der Waals surface area contributed by atoms with Gasteiger partial charge in [-0.1, -0.05) is 35.6 Å². The second-order valence-electron chi connectivity index (χ2n) is 9.53. The first-order chi connectivity index (χ1) is 18.3. The van der Waals surface area contributed by atoms with Gasteiger partial charge in [0.25, 0.3) is 15.9 Å². The van der Waals surface area contributed by atoms with Crippen molar-refractivity contribution in [1.82, 2.24) is 9.88 Å². The van der Waals surface area contributed by atoms with E-state index in [0.29, 0.717) is 40.6 Å². The van der Waals surface area contributed by atoms with Crippen LogP contribution in [0.4, 0.5) is 15.2 Å². The first-order valence-electron chi connectivity index (χ1n) is 12.5. The summed E-state index contributed by atoms with van der Waals surface area (Å²) >= 11 is 1.26. The van der Waals surface area contributed by atoms with Crippen LogP contribution >= 0.6 is 11.3 Å². The molecule has 0 N–H and O–H groups in total. The minimum Gasteiger partial charge on any atom is -0.309 e. The van der Waals surface area contributed by atoms with Gasteiger partial charge in [0.15, 0.2) is 5.13 Å². The number of halogens is 1. The molecule has 0 bridgehead atoms.